The highest BCUT2D eigenvalue weighted by atomic mass is 32.2. The van der Waals surface area contributed by atoms with Gasteiger partial charge in [-0.05, 0) is 26.3 Å². The van der Waals surface area contributed by atoms with Crippen molar-refractivity contribution >= 4 is 21.4 Å². The number of sulfonamides is 1. The Labute approximate surface area is 97.9 Å². The lowest BCUT2D eigenvalue weighted by Gasteiger charge is -2.04. The van der Waals surface area contributed by atoms with Gasteiger partial charge in [0.25, 0.3) is 10.0 Å². The van der Waals surface area contributed by atoms with Gasteiger partial charge in [0.1, 0.15) is 0 Å². The van der Waals surface area contributed by atoms with Gasteiger partial charge in [0.05, 0.1) is 0 Å². The van der Waals surface area contributed by atoms with Crippen LogP contribution in [0.3, 0.4) is 0 Å². The van der Waals surface area contributed by atoms with Gasteiger partial charge in [0, 0.05) is 12.2 Å². The van der Waals surface area contributed by atoms with Crippen molar-refractivity contribution in [2.45, 2.75) is 24.0 Å². The van der Waals surface area contributed by atoms with Crippen molar-refractivity contribution in [1.29, 1.82) is 0 Å². The van der Waals surface area contributed by atoms with E-state index in [4.69, 9.17) is 5.73 Å². The first-order valence-corrected chi connectivity index (χ1v) is 7.17. The highest BCUT2D eigenvalue weighted by molar-refractivity contribution is 7.91. The van der Waals surface area contributed by atoms with Gasteiger partial charge in [-0.25, -0.2) is 13.1 Å². The minimum Gasteiger partial charge on any atom is -0.330 e. The average molecular weight is 265 g/mol. The molecule has 1 aromatic heterocycles. The molecule has 1 aromatic rings. The second-order valence-electron chi connectivity index (χ2n) is 3.32. The molecule has 0 radical (unpaired) electrons. The van der Waals surface area contributed by atoms with Gasteiger partial charge >= 0.3 is 4.87 Å². The Morgan fingerprint density at radius 1 is 1.44 bits per heavy atom. The molecular weight excluding hydrogens is 250 g/mol. The molecule has 8 heteroatoms. The van der Waals surface area contributed by atoms with Crippen molar-refractivity contribution in [2.24, 2.45) is 5.73 Å². The zero-order valence-electron chi connectivity index (χ0n) is 8.95. The summed E-state index contributed by atoms with van der Waals surface area (Å²) in [5, 5.41) is 0. The quantitative estimate of drug-likeness (QED) is 0.617. The molecule has 4 N–H and O–H groups in total. The molecule has 92 valence electrons. The molecule has 0 unspecified atom stereocenters. The van der Waals surface area contributed by atoms with Crippen molar-refractivity contribution in [3.8, 4) is 0 Å². The van der Waals surface area contributed by atoms with E-state index in [1.54, 1.807) is 6.92 Å². The summed E-state index contributed by atoms with van der Waals surface area (Å²) in [6.45, 7) is 2.44. The predicted octanol–water partition coefficient (Wildman–Crippen LogP) is -0.238. The number of nitrogens with one attached hydrogen (secondary N) is 2. The maximum absolute atomic E-state index is 11.7. The smallest absolute Gasteiger partial charge is 0.305 e. The van der Waals surface area contributed by atoms with Crippen LogP contribution < -0.4 is 15.3 Å². The van der Waals surface area contributed by atoms with E-state index < -0.39 is 10.0 Å². The molecule has 1 heterocycles. The number of unbranched alkanes of at least 4 members (excludes halogenated alkanes) is 1. The molecule has 6 nitrogen and oxygen atoms in total. The lowest BCUT2D eigenvalue weighted by Crippen LogP contribution is -2.25. The molecule has 0 aliphatic carbocycles. The number of aromatic amines is 1. The first-order chi connectivity index (χ1) is 7.47. The van der Waals surface area contributed by atoms with Crippen LogP contribution in [0.5, 0.6) is 0 Å². The van der Waals surface area contributed by atoms with Gasteiger partial charge in [0.15, 0.2) is 4.21 Å². The van der Waals surface area contributed by atoms with Gasteiger partial charge in [-0.15, -0.1) is 0 Å². The third kappa shape index (κ3) is 3.41. The number of thiazole rings is 1. The molecule has 0 fully saturated rings. The second-order valence-corrected chi connectivity index (χ2v) is 6.27. The Morgan fingerprint density at radius 3 is 2.62 bits per heavy atom. The van der Waals surface area contributed by atoms with Crippen LogP contribution in [0, 0.1) is 6.92 Å². The number of nitrogens with two attached hydrogens (primary N) is 1. The minimum absolute atomic E-state index is 0.0604. The zero-order chi connectivity index (χ0) is 12.2. The Morgan fingerprint density at radius 2 is 2.12 bits per heavy atom. The second kappa shape index (κ2) is 5.58. The summed E-state index contributed by atoms with van der Waals surface area (Å²) in [5.74, 6) is 0. The predicted molar refractivity (Wildman–Crippen MR) is 63.2 cm³/mol. The minimum atomic E-state index is -3.55. The maximum atomic E-state index is 11.7. The molecule has 0 amide bonds. The van der Waals surface area contributed by atoms with Gasteiger partial charge in [-0.2, -0.15) is 0 Å². The van der Waals surface area contributed by atoms with Gasteiger partial charge < -0.3 is 10.7 Å². The van der Waals surface area contributed by atoms with Gasteiger partial charge in [0.2, 0.25) is 0 Å². The first kappa shape index (κ1) is 13.4. The monoisotopic (exact) mass is 265 g/mol. The van der Waals surface area contributed by atoms with E-state index in [-0.39, 0.29) is 9.08 Å². The van der Waals surface area contributed by atoms with Crippen LogP contribution in [0.15, 0.2) is 9.00 Å². The van der Waals surface area contributed by atoms with E-state index in [2.05, 4.69) is 9.71 Å². The summed E-state index contributed by atoms with van der Waals surface area (Å²) >= 11 is 0.699. The van der Waals surface area contributed by atoms with E-state index in [1.807, 2.05) is 0 Å². The van der Waals surface area contributed by atoms with Crippen molar-refractivity contribution in [2.75, 3.05) is 13.1 Å². The molecule has 0 saturated carbocycles. The molecule has 1 rings (SSSR count). The summed E-state index contributed by atoms with van der Waals surface area (Å²) in [6, 6.07) is 0. The van der Waals surface area contributed by atoms with Crippen LogP contribution in [0.4, 0.5) is 0 Å². The van der Waals surface area contributed by atoms with Crippen LogP contribution >= 0.6 is 11.3 Å². The molecule has 16 heavy (non-hydrogen) atoms. The molecule has 0 aliphatic rings. The van der Waals surface area contributed by atoms with E-state index in [1.165, 1.54) is 0 Å². The molecular formula is C8H15N3O3S2. The summed E-state index contributed by atoms with van der Waals surface area (Å²) in [5.41, 5.74) is 5.67. The Kier molecular flexibility index (Phi) is 4.66. The lowest BCUT2D eigenvalue weighted by atomic mass is 10.3. The first-order valence-electron chi connectivity index (χ1n) is 4.87. The summed E-state index contributed by atoms with van der Waals surface area (Å²) in [6.07, 6.45) is 1.46. The number of rotatable bonds is 6. The van der Waals surface area contributed by atoms with E-state index in [0.717, 1.165) is 6.42 Å². The van der Waals surface area contributed by atoms with Gasteiger partial charge in [-0.3, -0.25) is 4.79 Å². The van der Waals surface area contributed by atoms with Crippen molar-refractivity contribution in [3.05, 3.63) is 15.4 Å². The third-order valence-corrected chi connectivity index (χ3v) is 5.01. The third-order valence-electron chi connectivity index (χ3n) is 1.95. The molecule has 0 atom stereocenters. The molecule has 0 bridgehead atoms. The van der Waals surface area contributed by atoms with Crippen LogP contribution in [-0.2, 0) is 10.0 Å². The Bertz CT molecular complexity index is 489. The fraction of sp³-hybridized carbons (Fsp3) is 0.625. The topological polar surface area (TPSA) is 105 Å². The fourth-order valence-corrected chi connectivity index (χ4v) is 3.61. The van der Waals surface area contributed by atoms with Crippen LogP contribution in [-0.4, -0.2) is 26.5 Å². The summed E-state index contributed by atoms with van der Waals surface area (Å²) < 4.78 is 26.0. The van der Waals surface area contributed by atoms with Crippen molar-refractivity contribution < 1.29 is 8.42 Å². The van der Waals surface area contributed by atoms with Crippen molar-refractivity contribution in [3.63, 3.8) is 0 Å². The number of H-pyrrole nitrogens is 1. The highest BCUT2D eigenvalue weighted by Gasteiger charge is 2.19. The summed E-state index contributed by atoms with van der Waals surface area (Å²) in [7, 11) is -3.55. The zero-order valence-corrected chi connectivity index (χ0v) is 10.6. The largest absolute Gasteiger partial charge is 0.330 e. The SMILES string of the molecule is Cc1[nH]c(=O)sc1S(=O)(=O)NCCCCN. The number of hydrogen-bond donors (Lipinski definition) is 3. The van der Waals surface area contributed by atoms with Crippen molar-refractivity contribution in [1.82, 2.24) is 9.71 Å². The number of aryl methyl sites for hydroxylation is 1. The Hall–Kier alpha value is -0.700. The van der Waals surface area contributed by atoms with Crippen LogP contribution in [0.25, 0.3) is 0 Å². The van der Waals surface area contributed by atoms with Gasteiger partial charge in [-0.1, -0.05) is 11.3 Å². The normalized spacial score (nSPS) is 11.9. The molecule has 0 aromatic carbocycles. The number of aromatic nitrogens is 1. The Balaban J connectivity index is 2.71. The molecule has 0 aliphatic heterocycles. The molecule has 0 saturated heterocycles. The van der Waals surface area contributed by atoms with E-state index in [9.17, 15) is 13.2 Å². The van der Waals surface area contributed by atoms with Crippen LogP contribution in [0.1, 0.15) is 18.5 Å². The maximum Gasteiger partial charge on any atom is 0.305 e. The fourth-order valence-electron chi connectivity index (χ4n) is 1.19. The summed E-state index contributed by atoms with van der Waals surface area (Å²) in [4.78, 5) is 13.1. The number of hydrogen-bond acceptors (Lipinski definition) is 5. The average Bonchev–Trinajstić information content (AvgIpc) is 2.53. The standard InChI is InChI=1S/C8H15N3O3S2/c1-6-7(15-8(12)11-6)16(13,14)10-5-3-2-4-9/h10H,2-5,9H2,1H3,(H,11,12). The van der Waals surface area contributed by atoms with E-state index in [0.29, 0.717) is 36.5 Å². The van der Waals surface area contributed by atoms with E-state index >= 15 is 0 Å². The molecule has 0 spiro atoms. The highest BCUT2D eigenvalue weighted by Crippen LogP contribution is 2.15. The van der Waals surface area contributed by atoms with Crippen LogP contribution in [0.2, 0.25) is 0 Å². The lowest BCUT2D eigenvalue weighted by molar-refractivity contribution is 0.578.